The minimum Gasteiger partial charge on any atom is -0.545 e. The molecule has 3 aromatic rings. The Bertz CT molecular complexity index is 967. The monoisotopic (exact) mass is 391 g/mol. The van der Waals surface area contributed by atoms with Crippen LogP contribution in [0, 0.1) is 6.92 Å². The summed E-state index contributed by atoms with van der Waals surface area (Å²) in [6.07, 6.45) is 0. The van der Waals surface area contributed by atoms with Crippen LogP contribution in [0.1, 0.15) is 32.6 Å². The van der Waals surface area contributed by atoms with Gasteiger partial charge in [0.1, 0.15) is 19.7 Å². The van der Waals surface area contributed by atoms with E-state index in [1.165, 1.54) is 5.56 Å². The van der Waals surface area contributed by atoms with Gasteiger partial charge in [-0.15, -0.1) is 0 Å². The fourth-order valence-corrected chi connectivity index (χ4v) is 3.10. The number of carboxylic acids is 1. The van der Waals surface area contributed by atoms with Gasteiger partial charge in [0.2, 0.25) is 0 Å². The largest absolute Gasteiger partial charge is 0.545 e. The summed E-state index contributed by atoms with van der Waals surface area (Å²) in [6, 6.07) is 21.0. The van der Waals surface area contributed by atoms with E-state index in [1.54, 1.807) is 19.2 Å². The van der Waals surface area contributed by atoms with Crippen molar-refractivity contribution < 1.29 is 24.7 Å². The van der Waals surface area contributed by atoms with Gasteiger partial charge in [-0.2, -0.15) is 0 Å². The number of rotatable bonds is 9. The molecule has 0 unspecified atom stereocenters. The van der Waals surface area contributed by atoms with E-state index in [9.17, 15) is 9.90 Å². The van der Waals surface area contributed by atoms with Crippen LogP contribution >= 0.6 is 0 Å². The second-order valence-electron chi connectivity index (χ2n) is 6.94. The van der Waals surface area contributed by atoms with Gasteiger partial charge in [0.15, 0.2) is 11.5 Å². The van der Waals surface area contributed by atoms with Gasteiger partial charge in [-0.3, -0.25) is 0 Å². The molecule has 0 aliphatic heterocycles. The second kappa shape index (κ2) is 9.75. The van der Waals surface area contributed by atoms with E-state index < -0.39 is 5.97 Å². The van der Waals surface area contributed by atoms with Gasteiger partial charge in [-0.25, -0.2) is 0 Å². The highest BCUT2D eigenvalue weighted by molar-refractivity contribution is 5.85. The lowest BCUT2D eigenvalue weighted by Crippen LogP contribution is -2.80. The minimum atomic E-state index is -1.16. The number of methoxy groups -OCH3 is 1. The Balaban J connectivity index is 1.56. The number of benzene rings is 3. The quantitative estimate of drug-likeness (QED) is 0.607. The predicted octanol–water partition coefficient (Wildman–Crippen LogP) is 2.21. The number of hydrogen-bond donors (Lipinski definition) is 1. The molecule has 0 saturated heterocycles. The first kappa shape index (κ1) is 20.4. The lowest BCUT2D eigenvalue weighted by Gasteiger charge is -2.12. The van der Waals surface area contributed by atoms with Crippen LogP contribution < -0.4 is 19.9 Å². The fraction of sp³-hybridized carbons (Fsp3) is 0.208. The zero-order valence-corrected chi connectivity index (χ0v) is 16.7. The zero-order chi connectivity index (χ0) is 20.6. The van der Waals surface area contributed by atoms with E-state index in [2.05, 4.69) is 24.4 Å². The number of nitrogens with two attached hydrogens (primary N) is 1. The molecule has 0 aromatic heterocycles. The highest BCUT2D eigenvalue weighted by atomic mass is 16.5. The molecule has 0 spiro atoms. The molecule has 5 nitrogen and oxygen atoms in total. The Hall–Kier alpha value is -3.31. The van der Waals surface area contributed by atoms with Crippen molar-refractivity contribution in [2.75, 3.05) is 7.11 Å². The van der Waals surface area contributed by atoms with Gasteiger partial charge in [0.25, 0.3) is 0 Å². The average molecular weight is 391 g/mol. The van der Waals surface area contributed by atoms with Crippen LogP contribution in [0.2, 0.25) is 0 Å². The Morgan fingerprint density at radius 2 is 1.62 bits per heavy atom. The molecular formula is C24H25NO4. The molecule has 0 amide bonds. The third-order valence-electron chi connectivity index (χ3n) is 4.65. The second-order valence-corrected chi connectivity index (χ2v) is 6.94. The minimum absolute atomic E-state index is 0.194. The number of hydrogen-bond acceptors (Lipinski definition) is 4. The Labute approximate surface area is 170 Å². The van der Waals surface area contributed by atoms with Gasteiger partial charge in [0.05, 0.1) is 13.1 Å². The maximum absolute atomic E-state index is 10.8. The van der Waals surface area contributed by atoms with Gasteiger partial charge >= 0.3 is 0 Å². The lowest BCUT2D eigenvalue weighted by atomic mass is 10.1. The fourth-order valence-electron chi connectivity index (χ4n) is 3.10. The zero-order valence-electron chi connectivity index (χ0n) is 16.7. The van der Waals surface area contributed by atoms with Crippen molar-refractivity contribution in [3.05, 3.63) is 94.5 Å². The number of ether oxygens (including phenoxy) is 2. The number of aromatic carboxylic acids is 1. The Morgan fingerprint density at radius 3 is 2.31 bits per heavy atom. The maximum atomic E-state index is 10.8. The first-order valence-electron chi connectivity index (χ1n) is 9.52. The van der Waals surface area contributed by atoms with Crippen molar-refractivity contribution >= 4 is 5.97 Å². The van der Waals surface area contributed by atoms with Crippen LogP contribution in [0.15, 0.2) is 66.7 Å². The maximum Gasteiger partial charge on any atom is 0.161 e. The summed E-state index contributed by atoms with van der Waals surface area (Å²) in [5, 5.41) is 12.9. The summed E-state index contributed by atoms with van der Waals surface area (Å²) in [5.41, 5.74) is 4.70. The van der Waals surface area contributed by atoms with Crippen LogP contribution in [-0.4, -0.2) is 13.1 Å². The molecule has 0 aliphatic rings. The molecule has 0 bridgehead atoms. The van der Waals surface area contributed by atoms with Crippen molar-refractivity contribution in [2.45, 2.75) is 26.6 Å². The predicted molar refractivity (Wildman–Crippen MR) is 109 cm³/mol. The molecule has 0 saturated carbocycles. The van der Waals surface area contributed by atoms with Crippen LogP contribution in [0.3, 0.4) is 0 Å². The molecule has 3 aromatic carbocycles. The molecule has 0 atom stereocenters. The van der Waals surface area contributed by atoms with E-state index in [0.29, 0.717) is 12.4 Å². The molecule has 0 radical (unpaired) electrons. The van der Waals surface area contributed by atoms with Crippen molar-refractivity contribution in [1.82, 2.24) is 0 Å². The van der Waals surface area contributed by atoms with Crippen LogP contribution in [0.4, 0.5) is 0 Å². The molecule has 150 valence electrons. The normalized spacial score (nSPS) is 10.6. The van der Waals surface area contributed by atoms with Crippen LogP contribution in [0.5, 0.6) is 11.5 Å². The molecule has 0 fully saturated rings. The summed E-state index contributed by atoms with van der Waals surface area (Å²) in [6.45, 7) is 4.08. The summed E-state index contributed by atoms with van der Waals surface area (Å²) in [5.74, 6) is 0.273. The summed E-state index contributed by atoms with van der Waals surface area (Å²) in [7, 11) is 1.64. The third-order valence-corrected chi connectivity index (χ3v) is 4.65. The molecule has 3 rings (SSSR count). The van der Waals surface area contributed by atoms with E-state index in [-0.39, 0.29) is 5.56 Å². The van der Waals surface area contributed by atoms with Crippen molar-refractivity contribution in [2.24, 2.45) is 0 Å². The first-order valence-corrected chi connectivity index (χ1v) is 9.52. The Kier molecular flexibility index (Phi) is 6.87. The Morgan fingerprint density at radius 1 is 0.897 bits per heavy atom. The number of quaternary nitrogens is 1. The highest BCUT2D eigenvalue weighted by Crippen LogP contribution is 2.28. The van der Waals surface area contributed by atoms with Crippen molar-refractivity contribution in [3.8, 4) is 11.5 Å². The van der Waals surface area contributed by atoms with Gasteiger partial charge in [0, 0.05) is 11.1 Å². The number of aryl methyl sites for hydroxylation is 1. The first-order chi connectivity index (χ1) is 14.0. The van der Waals surface area contributed by atoms with E-state index >= 15 is 0 Å². The van der Waals surface area contributed by atoms with Gasteiger partial charge < -0.3 is 24.7 Å². The van der Waals surface area contributed by atoms with E-state index in [4.69, 9.17) is 9.47 Å². The number of carboxylic acid groups (broad SMARTS) is 1. The molecular weight excluding hydrogens is 366 g/mol. The molecule has 0 aliphatic carbocycles. The van der Waals surface area contributed by atoms with Crippen LogP contribution in [0.25, 0.3) is 0 Å². The summed E-state index contributed by atoms with van der Waals surface area (Å²) >= 11 is 0. The molecule has 5 heteroatoms. The summed E-state index contributed by atoms with van der Waals surface area (Å²) in [4.78, 5) is 10.8. The van der Waals surface area contributed by atoms with E-state index in [1.807, 2.05) is 42.5 Å². The van der Waals surface area contributed by atoms with Crippen molar-refractivity contribution in [3.63, 3.8) is 0 Å². The smallest absolute Gasteiger partial charge is 0.161 e. The third kappa shape index (κ3) is 5.83. The molecule has 2 N–H and O–H groups in total. The van der Waals surface area contributed by atoms with Gasteiger partial charge in [-0.1, -0.05) is 54.1 Å². The SMILES string of the molecule is COc1cc(C[NH2+]Cc2ccc(C(=O)[O-])cc2)ccc1OCc1cccc(C)c1. The highest BCUT2D eigenvalue weighted by Gasteiger charge is 2.08. The lowest BCUT2D eigenvalue weighted by molar-refractivity contribution is -0.686. The number of carbonyl (C=O) groups excluding carboxylic acids is 1. The standard InChI is InChI=1S/C24H25NO4/c1-17-4-3-5-20(12-17)16-29-22-11-8-19(13-23(22)28-2)15-25-14-18-6-9-21(10-7-18)24(26)27/h3-13,25H,14-16H2,1-2H3,(H,26,27). The number of carbonyl (C=O) groups is 1. The van der Waals surface area contributed by atoms with Crippen molar-refractivity contribution in [1.29, 1.82) is 0 Å². The summed E-state index contributed by atoms with van der Waals surface area (Å²) < 4.78 is 11.4. The van der Waals surface area contributed by atoms with Gasteiger partial charge in [-0.05, 0) is 36.2 Å². The average Bonchev–Trinajstić information content (AvgIpc) is 2.73. The van der Waals surface area contributed by atoms with Crippen LogP contribution in [-0.2, 0) is 19.7 Å². The van der Waals surface area contributed by atoms with E-state index in [0.717, 1.165) is 35.5 Å². The topological polar surface area (TPSA) is 75.2 Å². The molecule has 29 heavy (non-hydrogen) atoms. The molecule has 0 heterocycles.